The van der Waals surface area contributed by atoms with E-state index in [0.29, 0.717) is 13.1 Å². The van der Waals surface area contributed by atoms with E-state index in [1.165, 1.54) is 11.1 Å². The van der Waals surface area contributed by atoms with Crippen molar-refractivity contribution in [3.05, 3.63) is 64.8 Å². The van der Waals surface area contributed by atoms with Crippen molar-refractivity contribution in [2.45, 2.75) is 26.9 Å². The molecule has 26 heavy (non-hydrogen) atoms. The van der Waals surface area contributed by atoms with Crippen molar-refractivity contribution in [3.63, 3.8) is 0 Å². The number of aryl methyl sites for hydroxylation is 4. The summed E-state index contributed by atoms with van der Waals surface area (Å²) in [7, 11) is 1.98. The molecule has 1 amide bonds. The molecule has 0 unspecified atom stereocenters. The highest BCUT2D eigenvalue weighted by molar-refractivity contribution is 6.02. The molecule has 0 bridgehead atoms. The van der Waals surface area contributed by atoms with Crippen LogP contribution in [0.15, 0.2) is 42.5 Å². The Bertz CT molecular complexity index is 997. The smallest absolute Gasteiger partial charge is 0.271 e. The largest absolute Gasteiger partial charge is 0.487 e. The van der Waals surface area contributed by atoms with Gasteiger partial charge in [-0.25, -0.2) is 0 Å². The third-order valence-electron chi connectivity index (χ3n) is 5.30. The van der Waals surface area contributed by atoms with Gasteiger partial charge in [-0.05, 0) is 49.6 Å². The van der Waals surface area contributed by atoms with E-state index < -0.39 is 0 Å². The van der Waals surface area contributed by atoms with E-state index in [1.54, 1.807) is 0 Å². The fourth-order valence-electron chi connectivity index (χ4n) is 3.91. The van der Waals surface area contributed by atoms with Gasteiger partial charge >= 0.3 is 0 Å². The van der Waals surface area contributed by atoms with Crippen molar-refractivity contribution >= 4 is 16.8 Å². The fourth-order valence-corrected chi connectivity index (χ4v) is 3.91. The highest BCUT2D eigenvalue weighted by atomic mass is 16.5. The summed E-state index contributed by atoms with van der Waals surface area (Å²) in [6.07, 6.45) is 0.0671. The minimum Gasteiger partial charge on any atom is -0.487 e. The minimum absolute atomic E-state index is 0.0671. The highest BCUT2D eigenvalue weighted by Crippen LogP contribution is 2.29. The molecular weight excluding hydrogens is 324 g/mol. The Hall–Kier alpha value is -2.75. The Morgan fingerprint density at radius 2 is 1.81 bits per heavy atom. The van der Waals surface area contributed by atoms with Gasteiger partial charge in [-0.3, -0.25) is 4.79 Å². The van der Waals surface area contributed by atoms with E-state index in [9.17, 15) is 4.79 Å². The van der Waals surface area contributed by atoms with Crippen LogP contribution in [-0.2, 0) is 7.05 Å². The zero-order valence-electron chi connectivity index (χ0n) is 15.7. The number of carbonyl (C=O) groups excluding carboxylic acids is 1. The van der Waals surface area contributed by atoms with Crippen molar-refractivity contribution in [1.82, 2.24) is 9.47 Å². The molecular formula is C22H24N2O2. The van der Waals surface area contributed by atoms with Crippen LogP contribution in [0, 0.1) is 20.8 Å². The Morgan fingerprint density at radius 1 is 1.08 bits per heavy atom. The van der Waals surface area contributed by atoms with Crippen LogP contribution < -0.4 is 4.74 Å². The zero-order valence-corrected chi connectivity index (χ0v) is 15.7. The van der Waals surface area contributed by atoms with Gasteiger partial charge in [0.05, 0.1) is 18.6 Å². The molecule has 0 spiro atoms. The number of hydrogen-bond acceptors (Lipinski definition) is 2. The topological polar surface area (TPSA) is 34.5 Å². The summed E-state index contributed by atoms with van der Waals surface area (Å²) in [4.78, 5) is 14.9. The first kappa shape index (κ1) is 16.7. The van der Waals surface area contributed by atoms with Gasteiger partial charge in [-0.2, -0.15) is 0 Å². The van der Waals surface area contributed by atoms with Crippen LogP contribution in [0.4, 0.5) is 0 Å². The minimum atomic E-state index is 0.0671. The van der Waals surface area contributed by atoms with E-state index in [4.69, 9.17) is 4.74 Å². The van der Waals surface area contributed by atoms with Crippen LogP contribution in [-0.4, -0.2) is 34.6 Å². The number of ether oxygens (including phenoxy) is 1. The number of carbonyl (C=O) groups is 1. The van der Waals surface area contributed by atoms with Gasteiger partial charge in [0.2, 0.25) is 0 Å². The molecule has 0 N–H and O–H groups in total. The molecule has 1 aromatic heterocycles. The summed E-state index contributed by atoms with van der Waals surface area (Å²) < 4.78 is 8.02. The van der Waals surface area contributed by atoms with Crippen LogP contribution in [0.25, 0.3) is 10.9 Å². The number of nitrogens with zero attached hydrogens (tertiary/aromatic N) is 2. The first-order valence-electron chi connectivity index (χ1n) is 9.03. The van der Waals surface area contributed by atoms with Crippen molar-refractivity contribution in [2.75, 3.05) is 13.1 Å². The van der Waals surface area contributed by atoms with Crippen molar-refractivity contribution < 1.29 is 9.53 Å². The Balaban J connectivity index is 1.52. The summed E-state index contributed by atoms with van der Waals surface area (Å²) in [5.74, 6) is 0.961. The summed E-state index contributed by atoms with van der Waals surface area (Å²) in [5, 5.41) is 1.16. The number of likely N-dealkylation sites (tertiary alicyclic amines) is 1. The first-order chi connectivity index (χ1) is 12.5. The third-order valence-corrected chi connectivity index (χ3v) is 5.30. The summed E-state index contributed by atoms with van der Waals surface area (Å²) >= 11 is 0. The van der Waals surface area contributed by atoms with Crippen molar-refractivity contribution in [1.29, 1.82) is 0 Å². The lowest BCUT2D eigenvalue weighted by atomic mass is 10.1. The molecule has 134 valence electrons. The molecule has 1 fully saturated rings. The van der Waals surface area contributed by atoms with Gasteiger partial charge in [0.15, 0.2) is 0 Å². The van der Waals surface area contributed by atoms with Crippen LogP contribution in [0.3, 0.4) is 0 Å². The quantitative estimate of drug-likeness (QED) is 0.717. The molecule has 0 aliphatic carbocycles. The van der Waals surface area contributed by atoms with E-state index in [0.717, 1.165) is 27.9 Å². The standard InChI is InChI=1S/C22H24N2O2/c1-14-7-5-9-17(11-14)26-18-12-24(13-18)22(25)21-16(3)19-10-6-8-15(2)20(19)23(21)4/h5-11,18H,12-13H2,1-4H3. The van der Waals surface area contributed by atoms with Gasteiger partial charge in [-0.1, -0.05) is 30.3 Å². The molecule has 0 saturated carbocycles. The molecule has 2 aromatic carbocycles. The maximum Gasteiger partial charge on any atom is 0.271 e. The zero-order chi connectivity index (χ0) is 18.4. The summed E-state index contributed by atoms with van der Waals surface area (Å²) in [5.41, 5.74) is 5.34. The molecule has 1 saturated heterocycles. The predicted molar refractivity (Wildman–Crippen MR) is 104 cm³/mol. The SMILES string of the molecule is Cc1cccc(OC2CN(C(=O)c3c(C)c4cccc(C)c4n3C)C2)c1. The van der Waals surface area contributed by atoms with E-state index >= 15 is 0 Å². The van der Waals surface area contributed by atoms with Gasteiger partial charge in [-0.15, -0.1) is 0 Å². The molecule has 4 rings (SSSR count). The maximum atomic E-state index is 13.1. The fraction of sp³-hybridized carbons (Fsp3) is 0.318. The predicted octanol–water partition coefficient (Wildman–Crippen LogP) is 4.01. The van der Waals surface area contributed by atoms with Crippen LogP contribution >= 0.6 is 0 Å². The third kappa shape index (κ3) is 2.66. The second-order valence-corrected chi connectivity index (χ2v) is 7.27. The summed E-state index contributed by atoms with van der Waals surface area (Å²) in [6, 6.07) is 14.3. The Morgan fingerprint density at radius 3 is 2.50 bits per heavy atom. The number of para-hydroxylation sites is 1. The number of amides is 1. The van der Waals surface area contributed by atoms with Gasteiger partial charge < -0.3 is 14.2 Å². The average Bonchev–Trinajstić information content (AvgIpc) is 2.82. The van der Waals surface area contributed by atoms with E-state index in [2.05, 4.69) is 19.1 Å². The lowest BCUT2D eigenvalue weighted by molar-refractivity contribution is 0.0170. The molecule has 4 nitrogen and oxygen atoms in total. The molecule has 3 aromatic rings. The van der Waals surface area contributed by atoms with Gasteiger partial charge in [0.1, 0.15) is 17.5 Å². The van der Waals surface area contributed by atoms with Crippen molar-refractivity contribution in [3.8, 4) is 5.75 Å². The van der Waals surface area contributed by atoms with Crippen LogP contribution in [0.5, 0.6) is 5.75 Å². The number of aromatic nitrogens is 1. The maximum absolute atomic E-state index is 13.1. The van der Waals surface area contributed by atoms with Crippen LogP contribution in [0.1, 0.15) is 27.2 Å². The molecule has 0 atom stereocenters. The average molecular weight is 348 g/mol. The lowest BCUT2D eigenvalue weighted by Gasteiger charge is -2.39. The van der Waals surface area contributed by atoms with Crippen LogP contribution in [0.2, 0.25) is 0 Å². The Kier molecular flexibility index (Phi) is 3.98. The molecule has 1 aliphatic heterocycles. The number of rotatable bonds is 3. The second kappa shape index (κ2) is 6.20. The monoisotopic (exact) mass is 348 g/mol. The lowest BCUT2D eigenvalue weighted by Crippen LogP contribution is -2.56. The molecule has 1 aliphatic rings. The number of benzene rings is 2. The molecule has 0 radical (unpaired) electrons. The summed E-state index contributed by atoms with van der Waals surface area (Å²) in [6.45, 7) is 7.44. The highest BCUT2D eigenvalue weighted by Gasteiger charge is 2.35. The van der Waals surface area contributed by atoms with E-state index in [1.807, 2.05) is 60.7 Å². The van der Waals surface area contributed by atoms with Crippen molar-refractivity contribution in [2.24, 2.45) is 7.05 Å². The normalized spacial score (nSPS) is 14.5. The van der Waals surface area contributed by atoms with Gasteiger partial charge in [0, 0.05) is 12.4 Å². The number of fused-ring (bicyclic) bond motifs is 1. The number of hydrogen-bond donors (Lipinski definition) is 0. The second-order valence-electron chi connectivity index (χ2n) is 7.27. The van der Waals surface area contributed by atoms with Gasteiger partial charge in [0.25, 0.3) is 5.91 Å². The van der Waals surface area contributed by atoms with E-state index in [-0.39, 0.29) is 12.0 Å². The molecule has 2 heterocycles. The molecule has 4 heteroatoms. The Labute approximate surface area is 154 Å². The first-order valence-corrected chi connectivity index (χ1v) is 9.03.